The smallest absolute Gasteiger partial charge is 0.175 e. The molecule has 0 saturated carbocycles. The van der Waals surface area contributed by atoms with Crippen LogP contribution in [0.5, 0.6) is 0 Å². The predicted molar refractivity (Wildman–Crippen MR) is 86.3 cm³/mol. The monoisotopic (exact) mass is 280 g/mol. The van der Waals surface area contributed by atoms with Crippen molar-refractivity contribution in [1.82, 2.24) is 9.97 Å². The van der Waals surface area contributed by atoms with Crippen molar-refractivity contribution >= 4 is 12.2 Å². The molecule has 0 fully saturated rings. The molecule has 2 N–H and O–H groups in total. The Kier molecular flexibility index (Phi) is 3.28. The Morgan fingerprint density at radius 2 is 1.20 bits per heavy atom. The largest absolute Gasteiger partial charge is 0.330 e. The van der Waals surface area contributed by atoms with Crippen LogP contribution in [0.1, 0.15) is 11.1 Å². The summed E-state index contributed by atoms with van der Waals surface area (Å²) < 4.78 is 0.651. The first-order chi connectivity index (χ1) is 9.63. The number of rotatable bonds is 2. The summed E-state index contributed by atoms with van der Waals surface area (Å²) in [5, 5.41) is 0. The van der Waals surface area contributed by atoms with Gasteiger partial charge in [0.05, 0.1) is 11.4 Å². The molecule has 0 amide bonds. The summed E-state index contributed by atoms with van der Waals surface area (Å²) in [6.45, 7) is 4.19. The van der Waals surface area contributed by atoms with Gasteiger partial charge < -0.3 is 9.97 Å². The lowest BCUT2D eigenvalue weighted by atomic mass is 10.0. The minimum atomic E-state index is 0.651. The second kappa shape index (κ2) is 5.10. The molecule has 2 nitrogen and oxygen atoms in total. The number of aryl methyl sites for hydroxylation is 2. The number of hydrogen-bond donors (Lipinski definition) is 2. The first-order valence-corrected chi connectivity index (χ1v) is 7.01. The normalized spacial score (nSPS) is 10.7. The van der Waals surface area contributed by atoms with Gasteiger partial charge in [0.15, 0.2) is 4.77 Å². The molecular weight excluding hydrogens is 264 g/mol. The highest BCUT2D eigenvalue weighted by Crippen LogP contribution is 2.30. The molecule has 0 spiro atoms. The van der Waals surface area contributed by atoms with E-state index in [9.17, 15) is 0 Å². The van der Waals surface area contributed by atoms with Crippen molar-refractivity contribution in [3.63, 3.8) is 0 Å². The SMILES string of the molecule is Cc1cccc(-c2[nH]c(=S)[nH]c2-c2cccc(C)c2)c1. The average molecular weight is 280 g/mol. The van der Waals surface area contributed by atoms with Crippen LogP contribution >= 0.6 is 12.2 Å². The molecule has 0 atom stereocenters. The molecule has 1 aromatic heterocycles. The molecule has 100 valence electrons. The quantitative estimate of drug-likeness (QED) is 0.634. The van der Waals surface area contributed by atoms with Gasteiger partial charge in [-0.05, 0) is 38.2 Å². The van der Waals surface area contributed by atoms with E-state index in [4.69, 9.17) is 12.2 Å². The van der Waals surface area contributed by atoms with Crippen molar-refractivity contribution in [3.8, 4) is 22.5 Å². The number of H-pyrrole nitrogens is 2. The van der Waals surface area contributed by atoms with Crippen molar-refractivity contribution in [2.45, 2.75) is 13.8 Å². The lowest BCUT2D eigenvalue weighted by Crippen LogP contribution is -1.85. The van der Waals surface area contributed by atoms with Crippen molar-refractivity contribution in [2.24, 2.45) is 0 Å². The molecule has 0 saturated heterocycles. The van der Waals surface area contributed by atoms with Crippen LogP contribution in [-0.2, 0) is 0 Å². The van der Waals surface area contributed by atoms with Gasteiger partial charge >= 0.3 is 0 Å². The third-order valence-corrected chi connectivity index (χ3v) is 3.54. The molecule has 3 rings (SSSR count). The summed E-state index contributed by atoms with van der Waals surface area (Å²) >= 11 is 5.27. The van der Waals surface area contributed by atoms with Gasteiger partial charge in [0.2, 0.25) is 0 Å². The van der Waals surface area contributed by atoms with Gasteiger partial charge in [0, 0.05) is 11.1 Å². The lowest BCUT2D eigenvalue weighted by Gasteiger charge is -2.05. The number of nitrogens with one attached hydrogen (secondary N) is 2. The number of benzene rings is 2. The topological polar surface area (TPSA) is 31.6 Å². The summed E-state index contributed by atoms with van der Waals surface area (Å²) in [5.74, 6) is 0. The maximum atomic E-state index is 5.27. The highest BCUT2D eigenvalue weighted by molar-refractivity contribution is 7.71. The zero-order valence-corrected chi connectivity index (χ0v) is 12.3. The fourth-order valence-electron chi connectivity index (χ4n) is 2.42. The number of imidazole rings is 1. The van der Waals surface area contributed by atoms with Crippen LogP contribution in [-0.4, -0.2) is 9.97 Å². The molecule has 20 heavy (non-hydrogen) atoms. The van der Waals surface area contributed by atoms with E-state index < -0.39 is 0 Å². The Balaban J connectivity index is 2.21. The number of aromatic nitrogens is 2. The molecule has 0 bridgehead atoms. The van der Waals surface area contributed by atoms with Crippen molar-refractivity contribution in [1.29, 1.82) is 0 Å². The van der Waals surface area contributed by atoms with E-state index in [1.54, 1.807) is 0 Å². The van der Waals surface area contributed by atoms with E-state index in [1.807, 2.05) is 0 Å². The van der Waals surface area contributed by atoms with E-state index in [0.29, 0.717) is 4.77 Å². The number of aromatic amines is 2. The van der Waals surface area contributed by atoms with Gasteiger partial charge in [-0.15, -0.1) is 0 Å². The lowest BCUT2D eigenvalue weighted by molar-refractivity contribution is 1.27. The standard InChI is InChI=1S/C17H16N2S/c1-11-5-3-7-13(9-11)15-16(19-17(20)18-15)14-8-4-6-12(2)10-14/h3-10H,1-2H3,(H2,18,19,20). The van der Waals surface area contributed by atoms with Crippen molar-refractivity contribution < 1.29 is 0 Å². The molecule has 0 aliphatic rings. The summed E-state index contributed by atoms with van der Waals surface area (Å²) in [5.41, 5.74) is 6.85. The van der Waals surface area contributed by atoms with E-state index in [1.165, 1.54) is 11.1 Å². The summed E-state index contributed by atoms with van der Waals surface area (Å²) in [6.07, 6.45) is 0. The third-order valence-electron chi connectivity index (χ3n) is 3.34. The Morgan fingerprint density at radius 3 is 1.60 bits per heavy atom. The fraction of sp³-hybridized carbons (Fsp3) is 0.118. The molecule has 0 aliphatic carbocycles. The van der Waals surface area contributed by atoms with Crippen LogP contribution in [0.2, 0.25) is 0 Å². The molecule has 0 aliphatic heterocycles. The molecule has 2 aromatic carbocycles. The van der Waals surface area contributed by atoms with E-state index >= 15 is 0 Å². The second-order valence-electron chi connectivity index (χ2n) is 5.07. The Hall–Kier alpha value is -2.13. The highest BCUT2D eigenvalue weighted by atomic mass is 32.1. The molecule has 0 unspecified atom stereocenters. The van der Waals surface area contributed by atoms with Gasteiger partial charge in [-0.25, -0.2) is 0 Å². The maximum absolute atomic E-state index is 5.27. The van der Waals surface area contributed by atoms with Crippen LogP contribution in [0.4, 0.5) is 0 Å². The molecule has 3 aromatic rings. The Morgan fingerprint density at radius 1 is 0.750 bits per heavy atom. The molecular formula is C17H16N2S. The maximum Gasteiger partial charge on any atom is 0.175 e. The molecule has 0 radical (unpaired) electrons. The summed E-state index contributed by atoms with van der Waals surface area (Å²) in [6, 6.07) is 16.8. The minimum absolute atomic E-state index is 0.651. The zero-order chi connectivity index (χ0) is 14.1. The van der Waals surface area contributed by atoms with Gasteiger partial charge in [-0.1, -0.05) is 47.5 Å². The van der Waals surface area contributed by atoms with Crippen LogP contribution in [0.3, 0.4) is 0 Å². The van der Waals surface area contributed by atoms with Crippen LogP contribution in [0, 0.1) is 18.6 Å². The van der Waals surface area contributed by atoms with Crippen LogP contribution in [0.25, 0.3) is 22.5 Å². The first-order valence-electron chi connectivity index (χ1n) is 6.60. The van der Waals surface area contributed by atoms with Gasteiger partial charge in [-0.2, -0.15) is 0 Å². The summed E-state index contributed by atoms with van der Waals surface area (Å²) in [4.78, 5) is 6.53. The zero-order valence-electron chi connectivity index (χ0n) is 11.5. The minimum Gasteiger partial charge on any atom is -0.330 e. The Bertz CT molecular complexity index is 746. The second-order valence-corrected chi connectivity index (χ2v) is 5.48. The fourth-order valence-corrected chi connectivity index (χ4v) is 2.62. The first kappa shape index (κ1) is 12.9. The van der Waals surface area contributed by atoms with E-state index in [-0.39, 0.29) is 0 Å². The third kappa shape index (κ3) is 2.45. The molecule has 3 heteroatoms. The predicted octanol–water partition coefficient (Wildman–Crippen LogP) is 5.02. The van der Waals surface area contributed by atoms with Gasteiger partial charge in [0.1, 0.15) is 0 Å². The highest BCUT2D eigenvalue weighted by Gasteiger charge is 2.10. The van der Waals surface area contributed by atoms with Crippen molar-refractivity contribution in [3.05, 3.63) is 64.4 Å². The summed E-state index contributed by atoms with van der Waals surface area (Å²) in [7, 11) is 0. The van der Waals surface area contributed by atoms with E-state index in [0.717, 1.165) is 22.5 Å². The van der Waals surface area contributed by atoms with Crippen LogP contribution in [0.15, 0.2) is 48.5 Å². The van der Waals surface area contributed by atoms with Gasteiger partial charge in [0.25, 0.3) is 0 Å². The number of hydrogen-bond acceptors (Lipinski definition) is 1. The van der Waals surface area contributed by atoms with E-state index in [2.05, 4.69) is 72.3 Å². The average Bonchev–Trinajstić information content (AvgIpc) is 2.81. The van der Waals surface area contributed by atoms with Gasteiger partial charge in [-0.3, -0.25) is 0 Å². The molecule has 1 heterocycles. The Labute approximate surface area is 123 Å². The van der Waals surface area contributed by atoms with Crippen LogP contribution < -0.4 is 0 Å². The van der Waals surface area contributed by atoms with Crippen molar-refractivity contribution in [2.75, 3.05) is 0 Å².